The van der Waals surface area contributed by atoms with Gasteiger partial charge in [-0.1, -0.05) is 19.9 Å². The normalized spacial score (nSPS) is 21.5. The van der Waals surface area contributed by atoms with Crippen molar-refractivity contribution in [3.63, 3.8) is 0 Å². The first-order chi connectivity index (χ1) is 26.1. The van der Waals surface area contributed by atoms with E-state index in [1.165, 1.54) is 12.1 Å². The quantitative estimate of drug-likeness (QED) is 0.121. The molecule has 0 amide bonds. The van der Waals surface area contributed by atoms with Gasteiger partial charge in [0.25, 0.3) is 0 Å². The van der Waals surface area contributed by atoms with Crippen molar-refractivity contribution in [2.45, 2.75) is 96.4 Å². The predicted octanol–water partition coefficient (Wildman–Crippen LogP) is 8.64. The Kier molecular flexibility index (Phi) is 10.7. The van der Waals surface area contributed by atoms with Crippen LogP contribution in [0.3, 0.4) is 0 Å². The lowest BCUT2D eigenvalue weighted by Crippen LogP contribution is -2.43. The molecular formula is C40H46F4N6O4S. The van der Waals surface area contributed by atoms with Gasteiger partial charge >= 0.3 is 18.2 Å². The van der Waals surface area contributed by atoms with Gasteiger partial charge in [0.15, 0.2) is 11.5 Å². The molecule has 3 atom stereocenters. The van der Waals surface area contributed by atoms with Crippen LogP contribution in [0.2, 0.25) is 0 Å². The van der Waals surface area contributed by atoms with Crippen molar-refractivity contribution in [2.24, 2.45) is 5.92 Å². The summed E-state index contributed by atoms with van der Waals surface area (Å²) < 4.78 is 78.8. The number of carbonyl (C=O) groups is 1. The number of nitrogens with zero attached hydrogens (tertiary/aromatic N) is 6. The van der Waals surface area contributed by atoms with Gasteiger partial charge in [-0.15, -0.1) is 11.3 Å². The average Bonchev–Trinajstić information content (AvgIpc) is 3.70. The summed E-state index contributed by atoms with van der Waals surface area (Å²) in [5.74, 6) is -0.986. The highest BCUT2D eigenvalue weighted by Crippen LogP contribution is 2.47. The number of thiophene rings is 1. The molecule has 1 unspecified atom stereocenters. The molecule has 0 saturated carbocycles. The second-order valence-electron chi connectivity index (χ2n) is 16.1. The zero-order chi connectivity index (χ0) is 39.3. The van der Waals surface area contributed by atoms with Crippen molar-refractivity contribution in [1.29, 1.82) is 5.26 Å². The van der Waals surface area contributed by atoms with E-state index in [0.717, 1.165) is 49.8 Å². The van der Waals surface area contributed by atoms with Crippen molar-refractivity contribution in [3.05, 3.63) is 40.2 Å². The third kappa shape index (κ3) is 7.82. The molecule has 294 valence electrons. The number of halogens is 4. The summed E-state index contributed by atoms with van der Waals surface area (Å²) in [6.07, 6.45) is -0.981. The van der Waals surface area contributed by atoms with Crippen LogP contribution in [0, 0.1) is 23.1 Å². The second-order valence-corrected chi connectivity index (χ2v) is 17.1. The van der Waals surface area contributed by atoms with Gasteiger partial charge in [-0.2, -0.15) is 28.4 Å². The Morgan fingerprint density at radius 2 is 1.93 bits per heavy atom. The Hall–Kier alpha value is -4.13. The lowest BCUT2D eigenvalue weighted by molar-refractivity contribution is -0.155. The predicted molar refractivity (Wildman–Crippen MR) is 202 cm³/mol. The van der Waals surface area contributed by atoms with Crippen molar-refractivity contribution in [2.75, 3.05) is 50.9 Å². The van der Waals surface area contributed by atoms with Gasteiger partial charge in [-0.25, -0.2) is 9.37 Å². The summed E-state index contributed by atoms with van der Waals surface area (Å²) >= 11 is 0.970. The smallest absolute Gasteiger partial charge is 0.433 e. The van der Waals surface area contributed by atoms with E-state index in [2.05, 4.69) is 27.9 Å². The topological polar surface area (TPSA) is 114 Å². The van der Waals surface area contributed by atoms with Crippen molar-refractivity contribution >= 4 is 44.2 Å². The molecular weight excluding hydrogens is 737 g/mol. The van der Waals surface area contributed by atoms with Crippen LogP contribution in [0.1, 0.15) is 95.2 Å². The summed E-state index contributed by atoms with van der Waals surface area (Å²) in [5, 5.41) is 10.6. The van der Waals surface area contributed by atoms with Crippen LogP contribution in [0.5, 0.6) is 6.01 Å². The number of hydrogen-bond donors (Lipinski definition) is 0. The van der Waals surface area contributed by atoms with Gasteiger partial charge < -0.3 is 19.1 Å². The number of ether oxygens (including phenoxy) is 3. The first kappa shape index (κ1) is 39.1. The molecule has 0 bridgehead atoms. The minimum Gasteiger partial charge on any atom is -0.461 e. The summed E-state index contributed by atoms with van der Waals surface area (Å²) in [7, 11) is 0. The van der Waals surface area contributed by atoms with Crippen LogP contribution in [-0.4, -0.2) is 83.0 Å². The summed E-state index contributed by atoms with van der Waals surface area (Å²) in [6.45, 7) is 13.3. The van der Waals surface area contributed by atoms with Crippen LogP contribution in [0.15, 0.2) is 18.2 Å². The highest BCUT2D eigenvalue weighted by atomic mass is 32.1. The Morgan fingerprint density at radius 3 is 2.65 bits per heavy atom. The number of nitriles is 1. The number of fused-ring (bicyclic) bond motifs is 3. The summed E-state index contributed by atoms with van der Waals surface area (Å²) in [4.78, 5) is 31.3. The van der Waals surface area contributed by atoms with Crippen molar-refractivity contribution in [3.8, 4) is 23.2 Å². The minimum atomic E-state index is -4.95. The fourth-order valence-corrected chi connectivity index (χ4v) is 9.89. The Morgan fingerprint density at radius 1 is 1.13 bits per heavy atom. The first-order valence-electron chi connectivity index (χ1n) is 19.0. The number of hydrogen-bond acceptors (Lipinski definition) is 11. The molecule has 6 heterocycles. The first-order valence-corrected chi connectivity index (χ1v) is 19.8. The van der Waals surface area contributed by atoms with Crippen LogP contribution in [0.25, 0.3) is 32.2 Å². The molecule has 10 nitrogen and oxygen atoms in total. The highest BCUT2D eigenvalue weighted by Gasteiger charge is 2.48. The Bertz CT molecular complexity index is 2140. The number of aromatic nitrogens is 3. The van der Waals surface area contributed by atoms with E-state index in [1.54, 1.807) is 20.8 Å². The number of carbonyl (C=O) groups excluding carboxylic acids is 1. The molecule has 3 aromatic heterocycles. The van der Waals surface area contributed by atoms with Gasteiger partial charge in [0.2, 0.25) is 0 Å². The van der Waals surface area contributed by atoms with Crippen LogP contribution in [0.4, 0.5) is 23.4 Å². The third-order valence-electron chi connectivity index (χ3n) is 10.8. The third-order valence-corrected chi connectivity index (χ3v) is 12.2. The van der Waals surface area contributed by atoms with E-state index in [0.29, 0.717) is 56.5 Å². The molecule has 3 fully saturated rings. The van der Waals surface area contributed by atoms with E-state index in [9.17, 15) is 10.1 Å². The number of alkyl halides is 3. The Labute approximate surface area is 321 Å². The molecule has 0 radical (unpaired) electrons. The maximum atomic E-state index is 15.6. The van der Waals surface area contributed by atoms with E-state index >= 15 is 17.6 Å². The summed E-state index contributed by atoms with van der Waals surface area (Å²) in [5.41, 5.74) is -2.39. The van der Waals surface area contributed by atoms with E-state index in [4.69, 9.17) is 19.2 Å². The van der Waals surface area contributed by atoms with Gasteiger partial charge in [0, 0.05) is 48.0 Å². The number of rotatable bonds is 9. The van der Waals surface area contributed by atoms with E-state index in [1.807, 2.05) is 11.8 Å². The molecule has 55 heavy (non-hydrogen) atoms. The van der Waals surface area contributed by atoms with Gasteiger partial charge in [-0.3, -0.25) is 9.69 Å². The molecule has 0 N–H and O–H groups in total. The maximum absolute atomic E-state index is 15.6. The summed E-state index contributed by atoms with van der Waals surface area (Å²) in [6, 6.07) is 5.84. The largest absolute Gasteiger partial charge is 0.461 e. The zero-order valence-electron chi connectivity index (χ0n) is 31.8. The lowest BCUT2D eigenvalue weighted by atomic mass is 9.92. The molecule has 3 saturated heterocycles. The minimum absolute atomic E-state index is 0.0151. The van der Waals surface area contributed by atoms with Crippen molar-refractivity contribution < 1.29 is 36.6 Å². The molecule has 3 aliphatic rings. The fourth-order valence-electron chi connectivity index (χ4n) is 8.53. The van der Waals surface area contributed by atoms with Gasteiger partial charge in [0.1, 0.15) is 29.6 Å². The molecule has 15 heteroatoms. The van der Waals surface area contributed by atoms with Crippen molar-refractivity contribution in [1.82, 2.24) is 19.9 Å². The average molecular weight is 783 g/mol. The van der Waals surface area contributed by atoms with Crippen LogP contribution in [-0.2, 0) is 20.4 Å². The van der Waals surface area contributed by atoms with Gasteiger partial charge in [0.05, 0.1) is 34.3 Å². The van der Waals surface area contributed by atoms with Crippen LogP contribution < -0.4 is 9.64 Å². The number of pyridine rings is 1. The fraction of sp³-hybridized carbons (Fsp3) is 0.575. The SMILES string of the molecule is CCC(CC(=O)OC(C)(C)C)c1sc2c(F)ccc(-c3cc4nc(OC[C@@]56CCCN5C[C@H](C)C6)nc(N5CCCOCC5)c4nc3C(F)(F)F)c2c1C#N. The molecule has 0 spiro atoms. The van der Waals surface area contributed by atoms with E-state index in [-0.39, 0.29) is 61.6 Å². The molecule has 1 aromatic carbocycles. The second kappa shape index (κ2) is 15.1. The van der Waals surface area contributed by atoms with E-state index < -0.39 is 35.2 Å². The molecule has 3 aliphatic heterocycles. The zero-order valence-corrected chi connectivity index (χ0v) is 32.6. The standard InChI is InChI=1S/C40H46F4N6O4S/c1-6-24(17-30(51)54-38(3,4)5)33-27(20-45)31-25(9-10-28(41)34(31)55-33)26-18-29-32(47-35(26)40(42,43)44)36(49-12-8-15-52-16-14-49)48-37(46-29)53-22-39-11-7-13-50(39)21-23(2)19-39/h9-10,18,23-24H,6-8,11-17,19,21-22H2,1-5H3/t23-,24?,39+/m1/s1. The number of esters is 1. The molecule has 4 aromatic rings. The van der Waals surface area contributed by atoms with Crippen LogP contribution >= 0.6 is 11.3 Å². The molecule has 0 aliphatic carbocycles. The number of benzene rings is 1. The maximum Gasteiger partial charge on any atom is 0.433 e. The monoisotopic (exact) mass is 782 g/mol. The molecule has 7 rings (SSSR count). The van der Waals surface area contributed by atoms with Gasteiger partial charge in [-0.05, 0) is 83.0 Å². The Balaban J connectivity index is 1.39. The lowest BCUT2D eigenvalue weighted by Gasteiger charge is -2.31. The highest BCUT2D eigenvalue weighted by molar-refractivity contribution is 7.19. The number of anilines is 1.